The summed E-state index contributed by atoms with van der Waals surface area (Å²) in [6.07, 6.45) is 0.858. The summed E-state index contributed by atoms with van der Waals surface area (Å²) in [6.45, 7) is 13.6. The number of hydrogen-bond donors (Lipinski definition) is 2. The highest BCUT2D eigenvalue weighted by molar-refractivity contribution is 5.74. The fourth-order valence-corrected chi connectivity index (χ4v) is 3.66. The van der Waals surface area contributed by atoms with E-state index < -0.39 is 5.60 Å². The minimum absolute atomic E-state index is 0.0154. The van der Waals surface area contributed by atoms with Crippen LogP contribution in [0.25, 0.3) is 0 Å². The third-order valence-corrected chi connectivity index (χ3v) is 4.88. The zero-order chi connectivity index (χ0) is 18.6. The Bertz CT molecular complexity index is 575. The molecule has 1 unspecified atom stereocenters. The lowest BCUT2D eigenvalue weighted by Crippen LogP contribution is -2.58. The zero-order valence-electron chi connectivity index (χ0n) is 16.3. The Labute approximate surface area is 152 Å². The fraction of sp³-hybridized carbons (Fsp3) is 0.650. The molecule has 0 spiro atoms. The molecule has 5 heteroatoms. The van der Waals surface area contributed by atoms with Crippen molar-refractivity contribution in [3.05, 3.63) is 34.9 Å². The van der Waals surface area contributed by atoms with Gasteiger partial charge in [0.15, 0.2) is 0 Å². The maximum Gasteiger partial charge on any atom is 0.317 e. The van der Waals surface area contributed by atoms with Crippen LogP contribution in [-0.4, -0.2) is 65.3 Å². The molecule has 0 saturated carbocycles. The van der Waals surface area contributed by atoms with Crippen molar-refractivity contribution in [2.75, 3.05) is 32.7 Å². The molecule has 1 aromatic rings. The molecule has 1 aromatic carbocycles. The maximum atomic E-state index is 12.5. The Hall–Kier alpha value is -1.59. The van der Waals surface area contributed by atoms with Crippen LogP contribution in [0, 0.1) is 13.8 Å². The van der Waals surface area contributed by atoms with Crippen LogP contribution in [0.5, 0.6) is 0 Å². The summed E-state index contributed by atoms with van der Waals surface area (Å²) in [4.78, 5) is 16.6. The third-order valence-electron chi connectivity index (χ3n) is 4.88. The maximum absolute atomic E-state index is 12.5. The van der Waals surface area contributed by atoms with Crippen LogP contribution in [0.2, 0.25) is 0 Å². The quantitative estimate of drug-likeness (QED) is 0.859. The molecule has 2 amide bonds. The highest BCUT2D eigenvalue weighted by Crippen LogP contribution is 2.15. The monoisotopic (exact) mass is 347 g/mol. The number of piperazine rings is 1. The number of carbonyl (C=O) groups is 1. The van der Waals surface area contributed by atoms with Gasteiger partial charge in [0, 0.05) is 38.8 Å². The lowest BCUT2D eigenvalue weighted by Gasteiger charge is -2.41. The molecule has 5 nitrogen and oxygen atoms in total. The summed E-state index contributed by atoms with van der Waals surface area (Å²) in [5.41, 5.74) is 3.19. The number of hydrogen-bond acceptors (Lipinski definition) is 3. The molecule has 1 saturated heterocycles. The number of aryl methyl sites for hydroxylation is 2. The van der Waals surface area contributed by atoms with Gasteiger partial charge >= 0.3 is 6.03 Å². The largest absolute Gasteiger partial charge is 0.389 e. The van der Waals surface area contributed by atoms with E-state index in [0.29, 0.717) is 19.6 Å². The minimum Gasteiger partial charge on any atom is -0.389 e. The standard InChI is InChI=1S/C20H33N3O2/c1-15-7-6-8-16(2)18(15)9-10-21-19(24)23-12-11-22(13-17(23)3)14-20(4,5)25/h6-8,17,25H,9-14H2,1-5H3,(H,21,24). The van der Waals surface area contributed by atoms with E-state index in [1.807, 2.05) is 18.7 Å². The minimum atomic E-state index is -0.699. The molecular formula is C20H33N3O2. The van der Waals surface area contributed by atoms with Gasteiger partial charge in [-0.25, -0.2) is 4.79 Å². The number of nitrogens with one attached hydrogen (secondary N) is 1. The molecule has 1 fully saturated rings. The molecule has 140 valence electrons. The van der Waals surface area contributed by atoms with Gasteiger partial charge in [0.25, 0.3) is 0 Å². The van der Waals surface area contributed by atoms with E-state index in [4.69, 9.17) is 0 Å². The van der Waals surface area contributed by atoms with Crippen molar-refractivity contribution < 1.29 is 9.90 Å². The number of rotatable bonds is 5. The Morgan fingerprint density at radius 3 is 2.48 bits per heavy atom. The molecule has 0 aromatic heterocycles. The molecular weight excluding hydrogens is 314 g/mol. The van der Waals surface area contributed by atoms with Crippen LogP contribution in [0.4, 0.5) is 4.79 Å². The lowest BCUT2D eigenvalue weighted by molar-refractivity contribution is 0.0119. The second kappa shape index (κ2) is 8.19. The van der Waals surface area contributed by atoms with E-state index in [1.165, 1.54) is 16.7 Å². The SMILES string of the molecule is Cc1cccc(C)c1CCNC(=O)N1CCN(CC(C)(C)O)CC1C. The number of aliphatic hydroxyl groups is 1. The molecule has 1 aliphatic heterocycles. The van der Waals surface area contributed by atoms with Crippen LogP contribution >= 0.6 is 0 Å². The summed E-state index contributed by atoms with van der Waals surface area (Å²) >= 11 is 0. The highest BCUT2D eigenvalue weighted by atomic mass is 16.3. The molecule has 0 bridgehead atoms. The molecule has 25 heavy (non-hydrogen) atoms. The van der Waals surface area contributed by atoms with Crippen LogP contribution in [0.15, 0.2) is 18.2 Å². The average molecular weight is 348 g/mol. The second-order valence-electron chi connectivity index (χ2n) is 7.94. The van der Waals surface area contributed by atoms with Gasteiger partial charge in [-0.05, 0) is 57.7 Å². The van der Waals surface area contributed by atoms with Gasteiger partial charge in [0.1, 0.15) is 0 Å². The lowest BCUT2D eigenvalue weighted by atomic mass is 10.0. The van der Waals surface area contributed by atoms with Crippen LogP contribution in [0.1, 0.15) is 37.5 Å². The van der Waals surface area contributed by atoms with Gasteiger partial charge in [0.2, 0.25) is 0 Å². The zero-order valence-corrected chi connectivity index (χ0v) is 16.3. The molecule has 1 heterocycles. The van der Waals surface area contributed by atoms with Crippen LogP contribution < -0.4 is 5.32 Å². The van der Waals surface area contributed by atoms with Crippen molar-refractivity contribution in [1.82, 2.24) is 15.1 Å². The Morgan fingerprint density at radius 1 is 1.28 bits per heavy atom. The normalized spacial score (nSPS) is 19.1. The Morgan fingerprint density at radius 2 is 1.92 bits per heavy atom. The topological polar surface area (TPSA) is 55.8 Å². The first kappa shape index (κ1) is 19.7. The van der Waals surface area contributed by atoms with Gasteiger partial charge in [-0.1, -0.05) is 18.2 Å². The first-order valence-corrected chi connectivity index (χ1v) is 9.21. The number of urea groups is 1. The smallest absolute Gasteiger partial charge is 0.317 e. The Balaban J connectivity index is 1.82. The summed E-state index contributed by atoms with van der Waals surface area (Å²) in [5.74, 6) is 0. The van der Waals surface area contributed by atoms with E-state index in [1.54, 1.807) is 0 Å². The van der Waals surface area contributed by atoms with Gasteiger partial charge in [-0.2, -0.15) is 0 Å². The van der Waals surface area contributed by atoms with E-state index >= 15 is 0 Å². The summed E-state index contributed by atoms with van der Waals surface area (Å²) in [5, 5.41) is 13.0. The molecule has 2 rings (SSSR count). The van der Waals surface area contributed by atoms with Crippen molar-refractivity contribution in [3.63, 3.8) is 0 Å². The summed E-state index contributed by atoms with van der Waals surface area (Å²) < 4.78 is 0. The number of carbonyl (C=O) groups excluding carboxylic acids is 1. The molecule has 1 atom stereocenters. The van der Waals surface area contributed by atoms with E-state index in [2.05, 4.69) is 49.2 Å². The highest BCUT2D eigenvalue weighted by Gasteiger charge is 2.29. The number of nitrogens with zero attached hydrogens (tertiary/aromatic N) is 2. The molecule has 1 aliphatic rings. The third kappa shape index (κ3) is 5.72. The van der Waals surface area contributed by atoms with Gasteiger partial charge in [-0.15, -0.1) is 0 Å². The van der Waals surface area contributed by atoms with Crippen molar-refractivity contribution in [1.29, 1.82) is 0 Å². The summed E-state index contributed by atoms with van der Waals surface area (Å²) in [6, 6.07) is 6.47. The van der Waals surface area contributed by atoms with Crippen molar-refractivity contribution >= 4 is 6.03 Å². The first-order valence-electron chi connectivity index (χ1n) is 9.21. The van der Waals surface area contributed by atoms with Gasteiger partial charge < -0.3 is 15.3 Å². The molecule has 0 aliphatic carbocycles. The predicted molar refractivity (Wildman–Crippen MR) is 102 cm³/mol. The summed E-state index contributed by atoms with van der Waals surface area (Å²) in [7, 11) is 0. The van der Waals surface area contributed by atoms with Gasteiger partial charge in [0.05, 0.1) is 5.60 Å². The second-order valence-corrected chi connectivity index (χ2v) is 7.94. The van der Waals surface area contributed by atoms with Crippen molar-refractivity contribution in [2.24, 2.45) is 0 Å². The van der Waals surface area contributed by atoms with Crippen LogP contribution in [0.3, 0.4) is 0 Å². The number of benzene rings is 1. The number of amides is 2. The van der Waals surface area contributed by atoms with E-state index in [0.717, 1.165) is 19.5 Å². The van der Waals surface area contributed by atoms with Crippen molar-refractivity contribution in [2.45, 2.75) is 52.7 Å². The number of β-amino-alcohol motifs (C(OH)–C–C–N with tert-alkyl or cyclic N) is 1. The van der Waals surface area contributed by atoms with Gasteiger partial charge in [-0.3, -0.25) is 4.90 Å². The average Bonchev–Trinajstić information content (AvgIpc) is 2.48. The molecule has 0 radical (unpaired) electrons. The van der Waals surface area contributed by atoms with E-state index in [9.17, 15) is 9.90 Å². The van der Waals surface area contributed by atoms with Crippen LogP contribution in [-0.2, 0) is 6.42 Å². The molecule has 2 N–H and O–H groups in total. The predicted octanol–water partition coefficient (Wildman–Crippen LogP) is 2.33. The first-order chi connectivity index (χ1) is 11.7. The van der Waals surface area contributed by atoms with Crippen molar-refractivity contribution in [3.8, 4) is 0 Å². The Kier molecular flexibility index (Phi) is 6.47. The van der Waals surface area contributed by atoms with E-state index in [-0.39, 0.29) is 12.1 Å². The fourth-order valence-electron chi connectivity index (χ4n) is 3.66.